The molecule has 2 aromatic carbocycles. The Morgan fingerprint density at radius 1 is 0.737 bits per heavy atom. The van der Waals surface area contributed by atoms with Crippen molar-refractivity contribution in [1.82, 2.24) is 0 Å². The van der Waals surface area contributed by atoms with E-state index in [4.69, 9.17) is 9.47 Å². The standard InChI is InChI=1S/C17H20O2/c1-17(2,13-8-10-15(18-3)11-9-13)14-6-5-7-16(12-14)19-4/h5-12H,1-4H3. The molecule has 0 aliphatic carbocycles. The van der Waals surface area contributed by atoms with Crippen molar-refractivity contribution >= 4 is 0 Å². The van der Waals surface area contributed by atoms with Crippen molar-refractivity contribution in [3.63, 3.8) is 0 Å². The average Bonchev–Trinajstić information content (AvgIpc) is 2.47. The first-order valence-electron chi connectivity index (χ1n) is 6.37. The number of methoxy groups -OCH3 is 2. The molecule has 0 spiro atoms. The molecule has 0 bridgehead atoms. The Hall–Kier alpha value is -1.96. The van der Waals surface area contributed by atoms with Gasteiger partial charge in [-0.2, -0.15) is 0 Å². The molecule has 0 aliphatic rings. The Morgan fingerprint density at radius 2 is 1.37 bits per heavy atom. The molecule has 2 rings (SSSR count). The first kappa shape index (κ1) is 13.5. The monoisotopic (exact) mass is 256 g/mol. The van der Waals surface area contributed by atoms with Crippen LogP contribution in [0, 0.1) is 0 Å². The molecule has 0 aliphatic heterocycles. The smallest absolute Gasteiger partial charge is 0.119 e. The summed E-state index contributed by atoms with van der Waals surface area (Å²) in [6, 6.07) is 16.4. The molecule has 0 amide bonds. The van der Waals surface area contributed by atoms with Crippen LogP contribution in [0.3, 0.4) is 0 Å². The number of ether oxygens (including phenoxy) is 2. The Kier molecular flexibility index (Phi) is 3.79. The number of benzene rings is 2. The lowest BCUT2D eigenvalue weighted by atomic mass is 9.78. The molecule has 0 N–H and O–H groups in total. The van der Waals surface area contributed by atoms with Gasteiger partial charge in [0, 0.05) is 5.41 Å². The SMILES string of the molecule is COc1ccc(C(C)(C)c2cccc(OC)c2)cc1. The van der Waals surface area contributed by atoms with Crippen LogP contribution in [0.15, 0.2) is 48.5 Å². The summed E-state index contributed by atoms with van der Waals surface area (Å²) in [5, 5.41) is 0. The van der Waals surface area contributed by atoms with Gasteiger partial charge in [-0.3, -0.25) is 0 Å². The zero-order chi connectivity index (χ0) is 13.9. The largest absolute Gasteiger partial charge is 0.497 e. The van der Waals surface area contributed by atoms with Crippen LogP contribution in [0.2, 0.25) is 0 Å². The molecule has 2 nitrogen and oxygen atoms in total. The van der Waals surface area contributed by atoms with Crippen molar-refractivity contribution in [2.24, 2.45) is 0 Å². The van der Waals surface area contributed by atoms with Crippen molar-refractivity contribution in [2.45, 2.75) is 19.3 Å². The zero-order valence-corrected chi connectivity index (χ0v) is 11.9. The minimum atomic E-state index is -0.0686. The fourth-order valence-corrected chi connectivity index (χ4v) is 2.19. The number of rotatable bonds is 4. The van der Waals surface area contributed by atoms with Gasteiger partial charge in [0.2, 0.25) is 0 Å². The highest BCUT2D eigenvalue weighted by molar-refractivity contribution is 5.42. The Morgan fingerprint density at radius 3 is 1.95 bits per heavy atom. The highest BCUT2D eigenvalue weighted by Gasteiger charge is 2.23. The quantitative estimate of drug-likeness (QED) is 0.822. The van der Waals surface area contributed by atoms with Crippen LogP contribution in [0.4, 0.5) is 0 Å². The average molecular weight is 256 g/mol. The van der Waals surface area contributed by atoms with E-state index in [1.807, 2.05) is 24.3 Å². The predicted octanol–water partition coefficient (Wildman–Crippen LogP) is 4.03. The summed E-state index contributed by atoms with van der Waals surface area (Å²) >= 11 is 0. The van der Waals surface area contributed by atoms with Gasteiger partial charge in [-0.15, -0.1) is 0 Å². The van der Waals surface area contributed by atoms with Gasteiger partial charge in [-0.05, 0) is 35.4 Å². The maximum absolute atomic E-state index is 5.30. The second-order valence-electron chi connectivity index (χ2n) is 5.09. The van der Waals surface area contributed by atoms with Crippen LogP contribution >= 0.6 is 0 Å². The topological polar surface area (TPSA) is 18.5 Å². The fraction of sp³-hybridized carbons (Fsp3) is 0.294. The van der Waals surface area contributed by atoms with Crippen LogP contribution in [-0.4, -0.2) is 14.2 Å². The van der Waals surface area contributed by atoms with Crippen molar-refractivity contribution in [3.05, 3.63) is 59.7 Å². The molecule has 0 saturated heterocycles. The maximum Gasteiger partial charge on any atom is 0.119 e. The molecule has 2 heteroatoms. The summed E-state index contributed by atoms with van der Waals surface area (Å²) in [6.45, 7) is 4.42. The normalized spacial score (nSPS) is 11.2. The van der Waals surface area contributed by atoms with E-state index in [1.54, 1.807) is 14.2 Å². The molecular weight excluding hydrogens is 236 g/mol. The molecule has 0 heterocycles. The summed E-state index contributed by atoms with van der Waals surface area (Å²) in [6.07, 6.45) is 0. The second kappa shape index (κ2) is 5.35. The summed E-state index contributed by atoms with van der Waals surface area (Å²) in [5.74, 6) is 1.77. The zero-order valence-electron chi connectivity index (χ0n) is 11.9. The lowest BCUT2D eigenvalue weighted by molar-refractivity contribution is 0.412. The number of hydrogen-bond acceptors (Lipinski definition) is 2. The lowest BCUT2D eigenvalue weighted by Crippen LogP contribution is -2.18. The molecule has 2 aromatic rings. The van der Waals surface area contributed by atoms with Gasteiger partial charge in [-0.1, -0.05) is 38.1 Å². The third kappa shape index (κ3) is 2.73. The molecule has 0 unspecified atom stereocenters. The van der Waals surface area contributed by atoms with Gasteiger partial charge in [-0.25, -0.2) is 0 Å². The van der Waals surface area contributed by atoms with Crippen LogP contribution in [0.5, 0.6) is 11.5 Å². The van der Waals surface area contributed by atoms with Crippen LogP contribution in [-0.2, 0) is 5.41 Å². The summed E-state index contributed by atoms with van der Waals surface area (Å²) in [5.41, 5.74) is 2.42. The molecule has 0 saturated carbocycles. The van der Waals surface area contributed by atoms with Gasteiger partial charge in [0.05, 0.1) is 14.2 Å². The van der Waals surface area contributed by atoms with Crippen LogP contribution in [0.25, 0.3) is 0 Å². The first-order valence-corrected chi connectivity index (χ1v) is 6.37. The van der Waals surface area contributed by atoms with E-state index in [9.17, 15) is 0 Å². The van der Waals surface area contributed by atoms with Gasteiger partial charge in [0.25, 0.3) is 0 Å². The first-order chi connectivity index (χ1) is 9.07. The van der Waals surface area contributed by atoms with Crippen molar-refractivity contribution in [2.75, 3.05) is 14.2 Å². The molecule has 0 aromatic heterocycles. The fourth-order valence-electron chi connectivity index (χ4n) is 2.19. The molecule has 0 radical (unpaired) electrons. The van der Waals surface area contributed by atoms with Gasteiger partial charge in [0.15, 0.2) is 0 Å². The van der Waals surface area contributed by atoms with Crippen molar-refractivity contribution in [3.8, 4) is 11.5 Å². The Labute approximate surface area is 115 Å². The maximum atomic E-state index is 5.30. The summed E-state index contributed by atoms with van der Waals surface area (Å²) in [7, 11) is 3.38. The van der Waals surface area contributed by atoms with E-state index in [0.29, 0.717) is 0 Å². The van der Waals surface area contributed by atoms with Crippen molar-refractivity contribution < 1.29 is 9.47 Å². The third-order valence-corrected chi connectivity index (χ3v) is 3.60. The molecule has 0 atom stereocenters. The lowest BCUT2D eigenvalue weighted by Gasteiger charge is -2.26. The molecule has 100 valence electrons. The Balaban J connectivity index is 2.38. The molecule has 19 heavy (non-hydrogen) atoms. The van der Waals surface area contributed by atoms with E-state index >= 15 is 0 Å². The van der Waals surface area contributed by atoms with Crippen LogP contribution in [0.1, 0.15) is 25.0 Å². The van der Waals surface area contributed by atoms with E-state index in [0.717, 1.165) is 11.5 Å². The molecular formula is C17H20O2. The highest BCUT2D eigenvalue weighted by Crippen LogP contribution is 2.33. The Bertz CT molecular complexity index is 541. The van der Waals surface area contributed by atoms with E-state index < -0.39 is 0 Å². The van der Waals surface area contributed by atoms with E-state index in [1.165, 1.54) is 11.1 Å². The van der Waals surface area contributed by atoms with Gasteiger partial charge >= 0.3 is 0 Å². The van der Waals surface area contributed by atoms with Gasteiger partial charge < -0.3 is 9.47 Å². The number of hydrogen-bond donors (Lipinski definition) is 0. The second-order valence-corrected chi connectivity index (χ2v) is 5.09. The minimum absolute atomic E-state index is 0.0686. The minimum Gasteiger partial charge on any atom is -0.497 e. The summed E-state index contributed by atoms with van der Waals surface area (Å²) < 4.78 is 10.5. The van der Waals surface area contributed by atoms with E-state index in [2.05, 4.69) is 38.1 Å². The molecule has 0 fully saturated rings. The third-order valence-electron chi connectivity index (χ3n) is 3.60. The van der Waals surface area contributed by atoms with E-state index in [-0.39, 0.29) is 5.41 Å². The van der Waals surface area contributed by atoms with Crippen LogP contribution < -0.4 is 9.47 Å². The summed E-state index contributed by atoms with van der Waals surface area (Å²) in [4.78, 5) is 0. The van der Waals surface area contributed by atoms with Gasteiger partial charge in [0.1, 0.15) is 11.5 Å². The highest BCUT2D eigenvalue weighted by atomic mass is 16.5. The predicted molar refractivity (Wildman–Crippen MR) is 78.1 cm³/mol. The van der Waals surface area contributed by atoms with Crippen molar-refractivity contribution in [1.29, 1.82) is 0 Å².